The zero-order chi connectivity index (χ0) is 15.3. The highest BCUT2D eigenvalue weighted by Gasteiger charge is 2.15. The fraction of sp³-hybridized carbons (Fsp3) is 0.294. The van der Waals surface area contributed by atoms with Gasteiger partial charge in [0.1, 0.15) is 11.5 Å². The van der Waals surface area contributed by atoms with Gasteiger partial charge in [-0.15, -0.1) is 0 Å². The summed E-state index contributed by atoms with van der Waals surface area (Å²) in [6.07, 6.45) is 2.16. The highest BCUT2D eigenvalue weighted by molar-refractivity contribution is 9.10. The third kappa shape index (κ3) is 2.27. The highest BCUT2D eigenvalue weighted by Crippen LogP contribution is 2.30. The minimum absolute atomic E-state index is 0.812. The second-order valence-electron chi connectivity index (χ2n) is 5.63. The molecule has 0 aliphatic rings. The van der Waals surface area contributed by atoms with Gasteiger partial charge in [0.2, 0.25) is 0 Å². The fourth-order valence-electron chi connectivity index (χ4n) is 3.10. The summed E-state index contributed by atoms with van der Waals surface area (Å²) in [7, 11) is 0. The van der Waals surface area contributed by atoms with Crippen LogP contribution in [-0.4, -0.2) is 14.5 Å². The lowest BCUT2D eigenvalue weighted by Gasteiger charge is -2.13. The summed E-state index contributed by atoms with van der Waals surface area (Å²) in [6.45, 7) is 10.4. The summed E-state index contributed by atoms with van der Waals surface area (Å²) in [5.41, 5.74) is 6.91. The molecule has 0 bridgehead atoms. The predicted molar refractivity (Wildman–Crippen MR) is 90.3 cm³/mol. The van der Waals surface area contributed by atoms with Crippen LogP contribution in [-0.2, 0) is 0 Å². The number of benzene rings is 1. The van der Waals surface area contributed by atoms with Gasteiger partial charge in [0.05, 0.1) is 11.4 Å². The van der Waals surface area contributed by atoms with Gasteiger partial charge in [-0.05, 0) is 63.4 Å². The molecule has 0 unspecified atom stereocenters. The summed E-state index contributed by atoms with van der Waals surface area (Å²) >= 11 is 3.56. The Labute approximate surface area is 133 Å². The molecule has 0 saturated carbocycles. The molecule has 0 spiro atoms. The van der Waals surface area contributed by atoms with Gasteiger partial charge in [-0.3, -0.25) is 0 Å². The molecule has 0 aliphatic carbocycles. The van der Waals surface area contributed by atoms with E-state index in [0.29, 0.717) is 0 Å². The molecule has 0 saturated heterocycles. The van der Waals surface area contributed by atoms with Gasteiger partial charge in [-0.2, -0.15) is 0 Å². The van der Waals surface area contributed by atoms with E-state index >= 15 is 0 Å². The summed E-state index contributed by atoms with van der Waals surface area (Å²) in [5.74, 6) is 0.812. The van der Waals surface area contributed by atoms with Gasteiger partial charge in [-0.25, -0.2) is 9.97 Å². The van der Waals surface area contributed by atoms with Crippen molar-refractivity contribution in [1.29, 1.82) is 0 Å². The molecule has 0 fully saturated rings. The average Bonchev–Trinajstić information content (AvgIpc) is 2.65. The first-order chi connectivity index (χ1) is 9.88. The first-order valence-electron chi connectivity index (χ1n) is 6.98. The van der Waals surface area contributed by atoms with E-state index in [1.54, 1.807) is 0 Å². The van der Waals surface area contributed by atoms with Crippen molar-refractivity contribution < 1.29 is 0 Å². The molecule has 0 aliphatic heterocycles. The standard InChI is InChI=1S/C17H18BrN3/c1-9-6-14(18)7-10(2)16(9)21-8-11(3)15-12(4)19-13(5)20-17(15)21/h6-8H,1-5H3. The van der Waals surface area contributed by atoms with E-state index in [0.717, 1.165) is 27.0 Å². The lowest BCUT2D eigenvalue weighted by Crippen LogP contribution is -2.02. The van der Waals surface area contributed by atoms with Crippen LogP contribution in [0.1, 0.15) is 28.2 Å². The van der Waals surface area contributed by atoms with Gasteiger partial charge >= 0.3 is 0 Å². The third-order valence-electron chi connectivity index (χ3n) is 3.82. The minimum Gasteiger partial charge on any atom is -0.300 e. The molecule has 108 valence electrons. The van der Waals surface area contributed by atoms with Crippen molar-refractivity contribution in [3.05, 3.63) is 51.0 Å². The second kappa shape index (κ2) is 4.95. The zero-order valence-electron chi connectivity index (χ0n) is 13.0. The Morgan fingerprint density at radius 2 is 1.52 bits per heavy atom. The molecule has 3 rings (SSSR count). The van der Waals surface area contributed by atoms with Gasteiger partial charge < -0.3 is 4.57 Å². The fourth-order valence-corrected chi connectivity index (χ4v) is 3.79. The van der Waals surface area contributed by atoms with Crippen LogP contribution in [0.15, 0.2) is 22.8 Å². The molecule has 0 radical (unpaired) electrons. The van der Waals surface area contributed by atoms with E-state index in [1.807, 2.05) is 6.92 Å². The molecular formula is C17H18BrN3. The zero-order valence-corrected chi connectivity index (χ0v) is 14.5. The van der Waals surface area contributed by atoms with Crippen molar-refractivity contribution >= 4 is 27.0 Å². The van der Waals surface area contributed by atoms with Crippen LogP contribution in [0.5, 0.6) is 0 Å². The first kappa shape index (κ1) is 14.3. The maximum Gasteiger partial charge on any atom is 0.148 e. The van der Waals surface area contributed by atoms with Crippen LogP contribution in [0.4, 0.5) is 0 Å². The van der Waals surface area contributed by atoms with Crippen LogP contribution in [0.2, 0.25) is 0 Å². The monoisotopic (exact) mass is 343 g/mol. The van der Waals surface area contributed by atoms with E-state index in [2.05, 4.69) is 76.5 Å². The number of halogens is 1. The number of hydrogen-bond donors (Lipinski definition) is 0. The van der Waals surface area contributed by atoms with Crippen molar-refractivity contribution in [3.8, 4) is 5.69 Å². The number of rotatable bonds is 1. The maximum absolute atomic E-state index is 4.68. The maximum atomic E-state index is 4.68. The largest absolute Gasteiger partial charge is 0.300 e. The van der Waals surface area contributed by atoms with Crippen molar-refractivity contribution in [2.24, 2.45) is 0 Å². The van der Waals surface area contributed by atoms with Crippen molar-refractivity contribution in [2.45, 2.75) is 34.6 Å². The Morgan fingerprint density at radius 1 is 0.905 bits per heavy atom. The Balaban J connectivity index is 2.42. The van der Waals surface area contributed by atoms with Crippen molar-refractivity contribution in [2.75, 3.05) is 0 Å². The number of fused-ring (bicyclic) bond motifs is 1. The number of nitrogens with zero attached hydrogens (tertiary/aromatic N) is 3. The van der Waals surface area contributed by atoms with Gasteiger partial charge in [0.15, 0.2) is 0 Å². The van der Waals surface area contributed by atoms with E-state index in [4.69, 9.17) is 0 Å². The Kier molecular flexibility index (Phi) is 3.36. The summed E-state index contributed by atoms with van der Waals surface area (Å²) in [4.78, 5) is 9.18. The van der Waals surface area contributed by atoms with Crippen LogP contribution in [0.3, 0.4) is 0 Å². The van der Waals surface area contributed by atoms with Crippen molar-refractivity contribution in [3.63, 3.8) is 0 Å². The summed E-state index contributed by atoms with van der Waals surface area (Å²) in [5, 5.41) is 1.15. The normalized spacial score (nSPS) is 11.3. The molecule has 0 N–H and O–H groups in total. The highest BCUT2D eigenvalue weighted by atomic mass is 79.9. The molecule has 21 heavy (non-hydrogen) atoms. The second-order valence-corrected chi connectivity index (χ2v) is 6.54. The van der Waals surface area contributed by atoms with E-state index in [-0.39, 0.29) is 0 Å². The molecule has 2 heterocycles. The Morgan fingerprint density at radius 3 is 2.14 bits per heavy atom. The van der Waals surface area contributed by atoms with Crippen molar-refractivity contribution in [1.82, 2.24) is 14.5 Å². The molecule has 0 amide bonds. The average molecular weight is 344 g/mol. The first-order valence-corrected chi connectivity index (χ1v) is 7.78. The van der Waals surface area contributed by atoms with E-state index in [1.165, 1.54) is 22.4 Å². The van der Waals surface area contributed by atoms with E-state index < -0.39 is 0 Å². The summed E-state index contributed by atoms with van der Waals surface area (Å²) < 4.78 is 3.31. The minimum atomic E-state index is 0.812. The molecule has 1 aromatic carbocycles. The van der Waals surface area contributed by atoms with Crippen LogP contribution in [0, 0.1) is 34.6 Å². The lowest BCUT2D eigenvalue weighted by molar-refractivity contribution is 0.996. The molecular weight excluding hydrogens is 326 g/mol. The third-order valence-corrected chi connectivity index (χ3v) is 4.28. The predicted octanol–water partition coefficient (Wildman–Crippen LogP) is 4.73. The molecule has 2 aromatic heterocycles. The number of aromatic nitrogens is 3. The Hall–Kier alpha value is -1.68. The SMILES string of the molecule is Cc1nc(C)c2c(C)cn(-c3c(C)cc(Br)cc3C)c2n1. The van der Waals surface area contributed by atoms with Gasteiger partial charge in [-0.1, -0.05) is 15.9 Å². The van der Waals surface area contributed by atoms with Crippen LogP contribution < -0.4 is 0 Å². The lowest BCUT2D eigenvalue weighted by atomic mass is 10.1. The summed E-state index contributed by atoms with van der Waals surface area (Å²) in [6, 6.07) is 4.29. The number of hydrogen-bond acceptors (Lipinski definition) is 2. The van der Waals surface area contributed by atoms with Gasteiger partial charge in [0.25, 0.3) is 0 Å². The molecule has 4 heteroatoms. The number of aryl methyl sites for hydroxylation is 5. The Bertz CT molecular complexity index is 839. The van der Waals surface area contributed by atoms with E-state index in [9.17, 15) is 0 Å². The quantitative estimate of drug-likeness (QED) is 0.639. The molecule has 0 atom stereocenters. The molecule has 3 nitrogen and oxygen atoms in total. The molecule has 3 aromatic rings. The van der Waals surface area contributed by atoms with Crippen LogP contribution in [0.25, 0.3) is 16.7 Å². The topological polar surface area (TPSA) is 30.7 Å². The van der Waals surface area contributed by atoms with Crippen LogP contribution >= 0.6 is 15.9 Å². The van der Waals surface area contributed by atoms with Gasteiger partial charge in [0, 0.05) is 16.1 Å². The smallest absolute Gasteiger partial charge is 0.148 e.